The lowest BCUT2D eigenvalue weighted by Gasteiger charge is -2.19. The molecule has 2 fully saturated rings. The highest BCUT2D eigenvalue weighted by Gasteiger charge is 2.24. The highest BCUT2D eigenvalue weighted by atomic mass is 16.5. The predicted octanol–water partition coefficient (Wildman–Crippen LogP) is 1.65. The van der Waals surface area contributed by atoms with Crippen LogP contribution in [-0.2, 0) is 4.74 Å². The smallest absolute Gasteiger partial charge is 0.0706 e. The lowest BCUT2D eigenvalue weighted by molar-refractivity contribution is 0.0361. The van der Waals surface area contributed by atoms with Crippen molar-refractivity contribution in [3.63, 3.8) is 0 Å². The molecule has 2 atom stereocenters. The van der Waals surface area contributed by atoms with E-state index in [1.54, 1.807) is 0 Å². The molecule has 0 aromatic rings. The van der Waals surface area contributed by atoms with Crippen LogP contribution >= 0.6 is 0 Å². The molecular formula is C10H19NO. The van der Waals surface area contributed by atoms with Gasteiger partial charge in [-0.15, -0.1) is 0 Å². The van der Waals surface area contributed by atoms with Crippen molar-refractivity contribution in [3.8, 4) is 0 Å². The summed E-state index contributed by atoms with van der Waals surface area (Å²) in [5.41, 5.74) is 0. The molecule has 2 nitrogen and oxygen atoms in total. The first-order valence-corrected chi connectivity index (χ1v) is 5.22. The van der Waals surface area contributed by atoms with E-state index in [1.165, 1.54) is 45.3 Å². The average molecular weight is 169 g/mol. The number of likely N-dealkylation sites (tertiary alicyclic amines) is 1. The Labute approximate surface area is 74.9 Å². The van der Waals surface area contributed by atoms with Crippen LogP contribution in [0.15, 0.2) is 0 Å². The van der Waals surface area contributed by atoms with E-state index < -0.39 is 0 Å². The zero-order valence-electron chi connectivity index (χ0n) is 7.96. The van der Waals surface area contributed by atoms with Crippen LogP contribution in [0.3, 0.4) is 0 Å². The monoisotopic (exact) mass is 169 g/mol. The summed E-state index contributed by atoms with van der Waals surface area (Å²) < 4.78 is 5.78. The van der Waals surface area contributed by atoms with Gasteiger partial charge in [0.05, 0.1) is 12.2 Å². The topological polar surface area (TPSA) is 12.5 Å². The third-order valence-electron chi connectivity index (χ3n) is 2.98. The van der Waals surface area contributed by atoms with Crippen LogP contribution in [0.4, 0.5) is 0 Å². The Kier molecular flexibility index (Phi) is 2.66. The number of nitrogens with zero attached hydrogens (tertiary/aromatic N) is 1. The second-order valence-corrected chi connectivity index (χ2v) is 4.15. The maximum Gasteiger partial charge on any atom is 0.0706 e. The fraction of sp³-hybridized carbons (Fsp3) is 1.00. The van der Waals surface area contributed by atoms with E-state index in [0.717, 1.165) is 0 Å². The first-order chi connectivity index (χ1) is 5.84. The largest absolute Gasteiger partial charge is 0.374 e. The summed E-state index contributed by atoms with van der Waals surface area (Å²) in [5.74, 6) is 0. The van der Waals surface area contributed by atoms with E-state index in [4.69, 9.17) is 4.74 Å². The van der Waals surface area contributed by atoms with Crippen LogP contribution in [0.1, 0.15) is 32.6 Å². The van der Waals surface area contributed by atoms with Crippen LogP contribution in [0.25, 0.3) is 0 Å². The van der Waals surface area contributed by atoms with Gasteiger partial charge in [0.2, 0.25) is 0 Å². The molecule has 2 heteroatoms. The first-order valence-electron chi connectivity index (χ1n) is 5.22. The summed E-state index contributed by atoms with van der Waals surface area (Å²) in [5, 5.41) is 0. The van der Waals surface area contributed by atoms with Gasteiger partial charge in [0.25, 0.3) is 0 Å². The Morgan fingerprint density at radius 1 is 1.25 bits per heavy atom. The van der Waals surface area contributed by atoms with Gasteiger partial charge in [-0.05, 0) is 45.7 Å². The normalized spacial score (nSPS) is 37.8. The fourth-order valence-electron chi connectivity index (χ4n) is 2.27. The van der Waals surface area contributed by atoms with E-state index in [2.05, 4.69) is 11.8 Å². The minimum atomic E-state index is 0.512. The van der Waals surface area contributed by atoms with Crippen molar-refractivity contribution in [1.29, 1.82) is 0 Å². The minimum absolute atomic E-state index is 0.512. The molecule has 2 rings (SSSR count). The summed E-state index contributed by atoms with van der Waals surface area (Å²) >= 11 is 0. The van der Waals surface area contributed by atoms with E-state index in [1.807, 2.05) is 0 Å². The molecule has 0 amide bonds. The Balaban J connectivity index is 1.72. The quantitative estimate of drug-likeness (QED) is 0.623. The van der Waals surface area contributed by atoms with Crippen LogP contribution < -0.4 is 0 Å². The van der Waals surface area contributed by atoms with Crippen molar-refractivity contribution in [2.45, 2.75) is 44.8 Å². The second kappa shape index (κ2) is 3.75. The SMILES string of the molecule is CC1CCC(CN2CCCC2)O1. The standard InChI is InChI=1S/C10H19NO/c1-9-4-5-10(12-9)8-11-6-2-3-7-11/h9-10H,2-8H2,1H3. The Morgan fingerprint density at radius 2 is 2.00 bits per heavy atom. The van der Waals surface area contributed by atoms with E-state index >= 15 is 0 Å². The van der Waals surface area contributed by atoms with Crippen molar-refractivity contribution >= 4 is 0 Å². The van der Waals surface area contributed by atoms with Gasteiger partial charge in [0.1, 0.15) is 0 Å². The van der Waals surface area contributed by atoms with Gasteiger partial charge in [0.15, 0.2) is 0 Å². The first kappa shape index (κ1) is 8.52. The molecule has 2 unspecified atom stereocenters. The summed E-state index contributed by atoms with van der Waals surface area (Å²) in [6, 6.07) is 0. The highest BCUT2D eigenvalue weighted by Crippen LogP contribution is 2.21. The number of rotatable bonds is 2. The van der Waals surface area contributed by atoms with E-state index in [9.17, 15) is 0 Å². The Bertz CT molecular complexity index is 143. The molecule has 12 heavy (non-hydrogen) atoms. The van der Waals surface area contributed by atoms with Crippen molar-refractivity contribution in [3.05, 3.63) is 0 Å². The van der Waals surface area contributed by atoms with Crippen LogP contribution in [-0.4, -0.2) is 36.7 Å². The maximum absolute atomic E-state index is 5.78. The third-order valence-corrected chi connectivity index (χ3v) is 2.98. The molecule has 0 spiro atoms. The van der Waals surface area contributed by atoms with Crippen molar-refractivity contribution < 1.29 is 4.74 Å². The van der Waals surface area contributed by atoms with E-state index in [-0.39, 0.29) is 0 Å². The zero-order chi connectivity index (χ0) is 8.39. The Hall–Kier alpha value is -0.0800. The van der Waals surface area contributed by atoms with Gasteiger partial charge in [-0.3, -0.25) is 0 Å². The van der Waals surface area contributed by atoms with Gasteiger partial charge >= 0.3 is 0 Å². The molecule has 2 aliphatic rings. The van der Waals surface area contributed by atoms with Gasteiger partial charge in [-0.1, -0.05) is 0 Å². The van der Waals surface area contributed by atoms with Gasteiger partial charge in [-0.25, -0.2) is 0 Å². The van der Waals surface area contributed by atoms with Gasteiger partial charge in [0, 0.05) is 6.54 Å². The summed E-state index contributed by atoms with van der Waals surface area (Å²) in [4.78, 5) is 2.54. The Morgan fingerprint density at radius 3 is 2.58 bits per heavy atom. The summed E-state index contributed by atoms with van der Waals surface area (Å²) in [7, 11) is 0. The molecule has 0 bridgehead atoms. The van der Waals surface area contributed by atoms with Crippen LogP contribution in [0.2, 0.25) is 0 Å². The maximum atomic E-state index is 5.78. The van der Waals surface area contributed by atoms with Crippen molar-refractivity contribution in [1.82, 2.24) is 4.90 Å². The molecule has 0 N–H and O–H groups in total. The van der Waals surface area contributed by atoms with Gasteiger partial charge in [-0.2, -0.15) is 0 Å². The summed E-state index contributed by atoms with van der Waals surface area (Å²) in [6.45, 7) is 5.97. The van der Waals surface area contributed by atoms with E-state index in [0.29, 0.717) is 12.2 Å². The van der Waals surface area contributed by atoms with Gasteiger partial charge < -0.3 is 9.64 Å². The van der Waals surface area contributed by atoms with Crippen molar-refractivity contribution in [2.75, 3.05) is 19.6 Å². The highest BCUT2D eigenvalue weighted by molar-refractivity contribution is 4.76. The minimum Gasteiger partial charge on any atom is -0.374 e. The number of hydrogen-bond donors (Lipinski definition) is 0. The van der Waals surface area contributed by atoms with Crippen LogP contribution in [0.5, 0.6) is 0 Å². The predicted molar refractivity (Wildman–Crippen MR) is 49.2 cm³/mol. The average Bonchev–Trinajstić information content (AvgIpc) is 2.63. The number of ether oxygens (including phenoxy) is 1. The molecule has 2 aliphatic heterocycles. The second-order valence-electron chi connectivity index (χ2n) is 4.15. The lowest BCUT2D eigenvalue weighted by atomic mass is 10.2. The molecule has 0 aliphatic carbocycles. The fourth-order valence-corrected chi connectivity index (χ4v) is 2.27. The van der Waals surface area contributed by atoms with Crippen molar-refractivity contribution in [2.24, 2.45) is 0 Å². The molecule has 0 aromatic heterocycles. The molecule has 0 radical (unpaired) electrons. The molecule has 0 aromatic carbocycles. The number of hydrogen-bond acceptors (Lipinski definition) is 2. The molecule has 0 saturated carbocycles. The molecule has 2 saturated heterocycles. The molecular weight excluding hydrogens is 150 g/mol. The van der Waals surface area contributed by atoms with Crippen LogP contribution in [0, 0.1) is 0 Å². The molecule has 70 valence electrons. The third kappa shape index (κ3) is 1.99. The lowest BCUT2D eigenvalue weighted by Crippen LogP contribution is -2.29. The zero-order valence-corrected chi connectivity index (χ0v) is 7.96. The summed E-state index contributed by atoms with van der Waals surface area (Å²) in [6.07, 6.45) is 6.37. The molecule has 2 heterocycles.